The lowest BCUT2D eigenvalue weighted by molar-refractivity contribution is 0.135. The number of hydrogen-bond donors (Lipinski definition) is 0. The van der Waals surface area contributed by atoms with E-state index in [2.05, 4.69) is 63.0 Å². The molecule has 0 unspecified atom stereocenters. The Morgan fingerprint density at radius 3 is 2.15 bits per heavy atom. The highest BCUT2D eigenvalue weighted by molar-refractivity contribution is 9.28. The van der Waals surface area contributed by atoms with Gasteiger partial charge in [-0.3, -0.25) is 0 Å². The monoisotopic (exact) mass is 489 g/mol. The van der Waals surface area contributed by atoms with Crippen LogP contribution in [0.3, 0.4) is 0 Å². The van der Waals surface area contributed by atoms with Crippen molar-refractivity contribution in [2.75, 3.05) is 19.8 Å². The minimum Gasteiger partial charge on any atom is -0.493 e. The van der Waals surface area contributed by atoms with E-state index in [1.165, 1.54) is 11.1 Å². The van der Waals surface area contributed by atoms with E-state index in [4.69, 9.17) is 14.3 Å². The average Bonchev–Trinajstić information content (AvgIpc) is 2.60. The molecule has 0 aliphatic heterocycles. The van der Waals surface area contributed by atoms with Gasteiger partial charge in [0.2, 0.25) is 0 Å². The second-order valence-electron chi connectivity index (χ2n) is 6.01. The molecular formula is C20H29Br2NO3. The minimum absolute atomic E-state index is 0.512. The molecule has 0 aromatic heterocycles. The number of halogens is 2. The first kappa shape index (κ1) is 23.0. The van der Waals surface area contributed by atoms with Gasteiger partial charge in [0.1, 0.15) is 24.7 Å². The molecule has 0 spiro atoms. The SMILES string of the molecule is CCc1cc(OCC=C(Br)Br)cc(CC)c1OCCCCON=C(C)C. The minimum atomic E-state index is 0.512. The average molecular weight is 491 g/mol. The highest BCUT2D eigenvalue weighted by Gasteiger charge is 2.11. The highest BCUT2D eigenvalue weighted by atomic mass is 79.9. The van der Waals surface area contributed by atoms with Gasteiger partial charge in [0.05, 0.1) is 15.7 Å². The van der Waals surface area contributed by atoms with Gasteiger partial charge in [-0.1, -0.05) is 19.0 Å². The molecule has 0 saturated heterocycles. The maximum Gasteiger partial charge on any atom is 0.125 e. The molecule has 0 aliphatic rings. The van der Waals surface area contributed by atoms with Crippen molar-refractivity contribution in [1.29, 1.82) is 0 Å². The van der Waals surface area contributed by atoms with Gasteiger partial charge in [-0.25, -0.2) is 0 Å². The molecule has 4 nitrogen and oxygen atoms in total. The van der Waals surface area contributed by atoms with Gasteiger partial charge in [-0.15, -0.1) is 0 Å². The number of nitrogens with zero attached hydrogens (tertiary/aromatic N) is 1. The molecule has 0 radical (unpaired) electrons. The molecule has 1 aromatic rings. The topological polar surface area (TPSA) is 40.0 Å². The molecule has 146 valence electrons. The van der Waals surface area contributed by atoms with Crippen LogP contribution in [0.4, 0.5) is 0 Å². The van der Waals surface area contributed by atoms with Crippen molar-refractivity contribution in [2.24, 2.45) is 5.16 Å². The van der Waals surface area contributed by atoms with Crippen molar-refractivity contribution in [3.63, 3.8) is 0 Å². The summed E-state index contributed by atoms with van der Waals surface area (Å²) in [6.45, 7) is 9.93. The Hall–Kier alpha value is -1.01. The van der Waals surface area contributed by atoms with E-state index in [0.717, 1.165) is 46.3 Å². The summed E-state index contributed by atoms with van der Waals surface area (Å²) in [4.78, 5) is 5.21. The molecule has 0 aliphatic carbocycles. The number of oxime groups is 1. The van der Waals surface area contributed by atoms with Gasteiger partial charge < -0.3 is 14.3 Å². The van der Waals surface area contributed by atoms with Crippen LogP contribution in [0, 0.1) is 0 Å². The second-order valence-corrected chi connectivity index (χ2v) is 8.78. The van der Waals surface area contributed by atoms with Crippen LogP contribution in [-0.4, -0.2) is 25.5 Å². The summed E-state index contributed by atoms with van der Waals surface area (Å²) in [5, 5.41) is 3.93. The first-order chi connectivity index (χ1) is 12.5. The Morgan fingerprint density at radius 1 is 1.00 bits per heavy atom. The standard InChI is InChI=1S/C20H29Br2NO3/c1-5-16-13-18(24-12-9-19(21)22)14-17(6-2)20(16)25-10-7-8-11-26-23-15(3)4/h9,13-14H,5-8,10-12H2,1-4H3. The quantitative estimate of drug-likeness (QED) is 0.193. The maximum atomic E-state index is 6.10. The fraction of sp³-hybridized carbons (Fsp3) is 0.550. The van der Waals surface area contributed by atoms with Gasteiger partial charge in [-0.05, 0) is 101 Å². The van der Waals surface area contributed by atoms with Gasteiger partial charge in [0.25, 0.3) is 0 Å². The van der Waals surface area contributed by atoms with E-state index >= 15 is 0 Å². The van der Waals surface area contributed by atoms with E-state index in [1.54, 1.807) is 0 Å². The molecule has 0 bridgehead atoms. The number of rotatable bonds is 12. The fourth-order valence-electron chi connectivity index (χ4n) is 2.33. The first-order valence-corrected chi connectivity index (χ1v) is 10.6. The Kier molecular flexibility index (Phi) is 11.7. The molecule has 6 heteroatoms. The zero-order chi connectivity index (χ0) is 19.4. The molecule has 0 fully saturated rings. The van der Waals surface area contributed by atoms with Crippen molar-refractivity contribution in [2.45, 2.75) is 53.4 Å². The van der Waals surface area contributed by atoms with Crippen molar-refractivity contribution < 1.29 is 14.3 Å². The van der Waals surface area contributed by atoms with E-state index in [1.807, 2.05) is 19.9 Å². The van der Waals surface area contributed by atoms with Crippen LogP contribution in [0.15, 0.2) is 26.8 Å². The van der Waals surface area contributed by atoms with Gasteiger partial charge in [0, 0.05) is 0 Å². The third kappa shape index (κ3) is 9.08. The fourth-order valence-corrected chi connectivity index (χ4v) is 2.60. The first-order valence-electron chi connectivity index (χ1n) is 9.03. The van der Waals surface area contributed by atoms with Crippen molar-refractivity contribution in [1.82, 2.24) is 0 Å². The number of benzene rings is 1. The van der Waals surface area contributed by atoms with E-state index in [9.17, 15) is 0 Å². The zero-order valence-electron chi connectivity index (χ0n) is 16.1. The summed E-state index contributed by atoms with van der Waals surface area (Å²) in [7, 11) is 0. The Morgan fingerprint density at radius 2 is 1.62 bits per heavy atom. The number of aryl methyl sites for hydroxylation is 2. The van der Waals surface area contributed by atoms with Crippen LogP contribution >= 0.6 is 31.9 Å². The predicted molar refractivity (Wildman–Crippen MR) is 116 cm³/mol. The summed E-state index contributed by atoms with van der Waals surface area (Å²) in [6, 6.07) is 4.15. The molecule has 26 heavy (non-hydrogen) atoms. The summed E-state index contributed by atoms with van der Waals surface area (Å²) in [6.07, 6.45) is 5.60. The van der Waals surface area contributed by atoms with Crippen LogP contribution in [0.1, 0.15) is 51.7 Å². The van der Waals surface area contributed by atoms with Crippen molar-refractivity contribution in [3.8, 4) is 11.5 Å². The van der Waals surface area contributed by atoms with Crippen LogP contribution in [0.25, 0.3) is 0 Å². The second kappa shape index (κ2) is 13.2. The number of hydrogen-bond acceptors (Lipinski definition) is 4. The lowest BCUT2D eigenvalue weighted by Crippen LogP contribution is -2.05. The molecule has 0 saturated carbocycles. The summed E-state index contributed by atoms with van der Waals surface area (Å²) in [5.74, 6) is 1.88. The van der Waals surface area contributed by atoms with E-state index in [0.29, 0.717) is 19.8 Å². The zero-order valence-corrected chi connectivity index (χ0v) is 19.3. The van der Waals surface area contributed by atoms with Crippen LogP contribution in [0.5, 0.6) is 11.5 Å². The number of unbranched alkanes of at least 4 members (excludes halogenated alkanes) is 1. The van der Waals surface area contributed by atoms with E-state index < -0.39 is 0 Å². The molecule has 0 atom stereocenters. The van der Waals surface area contributed by atoms with Crippen LogP contribution < -0.4 is 9.47 Å². The van der Waals surface area contributed by atoms with Crippen molar-refractivity contribution in [3.05, 3.63) is 32.7 Å². The lowest BCUT2D eigenvalue weighted by atomic mass is 10.0. The van der Waals surface area contributed by atoms with E-state index in [-0.39, 0.29) is 0 Å². The predicted octanol–water partition coefficient (Wildman–Crippen LogP) is 6.39. The maximum absolute atomic E-state index is 6.10. The van der Waals surface area contributed by atoms with Gasteiger partial charge in [-0.2, -0.15) is 0 Å². The van der Waals surface area contributed by atoms with Gasteiger partial charge >= 0.3 is 0 Å². The lowest BCUT2D eigenvalue weighted by Gasteiger charge is -2.17. The largest absolute Gasteiger partial charge is 0.493 e. The molecule has 0 N–H and O–H groups in total. The van der Waals surface area contributed by atoms with Gasteiger partial charge in [0.15, 0.2) is 0 Å². The Balaban J connectivity index is 2.63. The van der Waals surface area contributed by atoms with Crippen molar-refractivity contribution >= 4 is 37.6 Å². The van der Waals surface area contributed by atoms with Crippen LogP contribution in [0.2, 0.25) is 0 Å². The normalized spacial score (nSPS) is 10.2. The summed E-state index contributed by atoms with van der Waals surface area (Å²) in [5.41, 5.74) is 3.30. The van der Waals surface area contributed by atoms with Crippen LogP contribution in [-0.2, 0) is 17.7 Å². The molecule has 1 aromatic carbocycles. The molecule has 0 heterocycles. The Bertz CT molecular complexity index is 582. The summed E-state index contributed by atoms with van der Waals surface area (Å²) >= 11 is 6.67. The smallest absolute Gasteiger partial charge is 0.125 e. The third-order valence-electron chi connectivity index (χ3n) is 3.59. The molecule has 0 amide bonds. The third-order valence-corrected chi connectivity index (χ3v) is 4.24. The number of ether oxygens (including phenoxy) is 2. The molecule has 1 rings (SSSR count). The Labute approximate surface area is 174 Å². The highest BCUT2D eigenvalue weighted by Crippen LogP contribution is 2.31. The summed E-state index contributed by atoms with van der Waals surface area (Å²) < 4.78 is 12.8. The molecular weight excluding hydrogens is 462 g/mol.